The van der Waals surface area contributed by atoms with E-state index in [2.05, 4.69) is 15.3 Å². The fraction of sp³-hybridized carbons (Fsp3) is 0.167. The van der Waals surface area contributed by atoms with E-state index in [0.717, 1.165) is 44.2 Å². The van der Waals surface area contributed by atoms with Crippen LogP contribution in [0.3, 0.4) is 0 Å². The monoisotopic (exact) mass is 445 g/mol. The topological polar surface area (TPSA) is 91.2 Å². The van der Waals surface area contributed by atoms with Crippen molar-refractivity contribution in [2.45, 2.75) is 19.8 Å². The van der Waals surface area contributed by atoms with Crippen molar-refractivity contribution in [3.05, 3.63) is 78.1 Å². The number of nitrogens with one attached hydrogen (secondary N) is 1. The average Bonchev–Trinajstić information content (AvgIpc) is 3.28. The Morgan fingerprint density at radius 1 is 1.09 bits per heavy atom. The summed E-state index contributed by atoms with van der Waals surface area (Å²) in [4.78, 5) is 27.3. The zero-order valence-corrected chi connectivity index (χ0v) is 18.6. The normalized spacial score (nSPS) is 10.7. The number of carboxylic acid groups (broad SMARTS) is 1. The van der Waals surface area contributed by atoms with Crippen molar-refractivity contribution in [1.29, 1.82) is 0 Å². The van der Waals surface area contributed by atoms with Crippen molar-refractivity contribution >= 4 is 39.8 Å². The van der Waals surface area contributed by atoms with E-state index in [-0.39, 0.29) is 6.42 Å². The molecule has 4 rings (SSSR count). The molecule has 0 atom stereocenters. The highest BCUT2D eigenvalue weighted by Gasteiger charge is 2.12. The molecule has 32 heavy (non-hydrogen) atoms. The molecule has 0 aliphatic carbocycles. The standard InChI is InChI=1S/C24H23N5O2S/c1-16-12-13-25-22(14-16)28-21-5-3-4-19(27-21)20-15-26-24(32-20)29(2)18-9-6-17(7-10-18)8-11-23(30)31/h3-7,9-10,12-15H,8,11H2,1-2H3,(H,30,31)(H,25,27,28). The number of pyridine rings is 2. The van der Waals surface area contributed by atoms with Crippen LogP contribution in [-0.4, -0.2) is 33.1 Å². The highest BCUT2D eigenvalue weighted by molar-refractivity contribution is 7.18. The first-order chi connectivity index (χ1) is 15.5. The van der Waals surface area contributed by atoms with Crippen LogP contribution in [0, 0.1) is 6.92 Å². The largest absolute Gasteiger partial charge is 0.481 e. The maximum absolute atomic E-state index is 10.8. The summed E-state index contributed by atoms with van der Waals surface area (Å²) in [6, 6.07) is 17.6. The molecular weight excluding hydrogens is 422 g/mol. The van der Waals surface area contributed by atoms with Gasteiger partial charge in [0.1, 0.15) is 11.6 Å². The van der Waals surface area contributed by atoms with E-state index >= 15 is 0 Å². The molecule has 0 unspecified atom stereocenters. The molecule has 0 spiro atoms. The minimum Gasteiger partial charge on any atom is -0.481 e. The van der Waals surface area contributed by atoms with E-state index in [9.17, 15) is 4.79 Å². The van der Waals surface area contributed by atoms with Crippen LogP contribution in [-0.2, 0) is 11.2 Å². The second kappa shape index (κ2) is 9.57. The smallest absolute Gasteiger partial charge is 0.303 e. The van der Waals surface area contributed by atoms with Gasteiger partial charge in [-0.25, -0.2) is 15.0 Å². The third-order valence-corrected chi connectivity index (χ3v) is 6.00. The Balaban J connectivity index is 1.48. The van der Waals surface area contributed by atoms with Gasteiger partial charge in [0.15, 0.2) is 5.13 Å². The zero-order valence-electron chi connectivity index (χ0n) is 17.8. The lowest BCUT2D eigenvalue weighted by atomic mass is 10.1. The van der Waals surface area contributed by atoms with Gasteiger partial charge < -0.3 is 15.3 Å². The number of hydrogen-bond acceptors (Lipinski definition) is 7. The Bertz CT molecular complexity index is 1220. The Morgan fingerprint density at radius 2 is 1.91 bits per heavy atom. The lowest BCUT2D eigenvalue weighted by Gasteiger charge is -2.16. The van der Waals surface area contributed by atoms with Gasteiger partial charge in [0, 0.05) is 31.5 Å². The molecule has 3 aromatic heterocycles. The van der Waals surface area contributed by atoms with Gasteiger partial charge >= 0.3 is 5.97 Å². The second-order valence-corrected chi connectivity index (χ2v) is 8.39. The number of nitrogens with zero attached hydrogens (tertiary/aromatic N) is 4. The number of carbonyl (C=O) groups is 1. The molecular formula is C24H23N5O2S. The van der Waals surface area contributed by atoms with Crippen molar-refractivity contribution in [2.75, 3.05) is 17.3 Å². The number of aliphatic carboxylic acids is 1. The van der Waals surface area contributed by atoms with Gasteiger partial charge in [-0.1, -0.05) is 29.5 Å². The first-order valence-electron chi connectivity index (χ1n) is 10.2. The number of aryl methyl sites for hydroxylation is 2. The van der Waals surface area contributed by atoms with Crippen molar-refractivity contribution in [2.24, 2.45) is 0 Å². The SMILES string of the molecule is Cc1ccnc(Nc2cccc(-c3cnc(N(C)c4ccc(CCC(=O)O)cc4)s3)n2)c1. The molecule has 0 saturated heterocycles. The second-order valence-electron chi connectivity index (χ2n) is 7.38. The Kier molecular flexibility index (Phi) is 6.42. The maximum Gasteiger partial charge on any atom is 0.303 e. The quantitative estimate of drug-likeness (QED) is 0.373. The van der Waals surface area contributed by atoms with E-state index in [1.807, 2.05) is 79.7 Å². The summed E-state index contributed by atoms with van der Waals surface area (Å²) in [7, 11) is 1.96. The molecule has 8 heteroatoms. The number of benzene rings is 1. The van der Waals surface area contributed by atoms with Crippen molar-refractivity contribution in [3.8, 4) is 10.6 Å². The number of thiazole rings is 1. The molecule has 4 aromatic rings. The number of hydrogen-bond donors (Lipinski definition) is 2. The Labute approximate surface area is 190 Å². The summed E-state index contributed by atoms with van der Waals surface area (Å²) < 4.78 is 0. The molecule has 3 heterocycles. The van der Waals surface area contributed by atoms with Gasteiger partial charge in [-0.3, -0.25) is 4.79 Å². The predicted molar refractivity (Wildman–Crippen MR) is 128 cm³/mol. The highest BCUT2D eigenvalue weighted by Crippen LogP contribution is 2.33. The van der Waals surface area contributed by atoms with Crippen LogP contribution in [0.1, 0.15) is 17.5 Å². The molecule has 162 valence electrons. The van der Waals surface area contributed by atoms with E-state index in [4.69, 9.17) is 10.1 Å². The van der Waals surface area contributed by atoms with Gasteiger partial charge in [0.05, 0.1) is 10.6 Å². The van der Waals surface area contributed by atoms with Crippen LogP contribution in [0.5, 0.6) is 0 Å². The maximum atomic E-state index is 10.8. The van der Waals surface area contributed by atoms with Crippen LogP contribution >= 0.6 is 11.3 Å². The summed E-state index contributed by atoms with van der Waals surface area (Å²) in [5.74, 6) is 0.691. The molecule has 1 aromatic carbocycles. The Morgan fingerprint density at radius 3 is 2.66 bits per heavy atom. The molecule has 2 N–H and O–H groups in total. The summed E-state index contributed by atoms with van der Waals surface area (Å²) >= 11 is 1.56. The lowest BCUT2D eigenvalue weighted by Crippen LogP contribution is -2.08. The van der Waals surface area contributed by atoms with Gasteiger partial charge in [0.2, 0.25) is 0 Å². The molecule has 7 nitrogen and oxygen atoms in total. The summed E-state index contributed by atoms with van der Waals surface area (Å²) in [6.07, 6.45) is 4.25. The van der Waals surface area contributed by atoms with Crippen LogP contribution in [0.2, 0.25) is 0 Å². The molecule has 0 saturated carbocycles. The first-order valence-corrected chi connectivity index (χ1v) is 11.0. The van der Waals surface area contributed by atoms with Gasteiger partial charge in [-0.15, -0.1) is 0 Å². The first kappa shape index (κ1) is 21.5. The fourth-order valence-electron chi connectivity index (χ4n) is 3.16. The van der Waals surface area contributed by atoms with Crippen LogP contribution in [0.4, 0.5) is 22.5 Å². The molecule has 0 bridgehead atoms. The third kappa shape index (κ3) is 5.28. The van der Waals surface area contributed by atoms with Gasteiger partial charge in [-0.05, 0) is 60.9 Å². The van der Waals surface area contributed by atoms with Gasteiger partial charge in [-0.2, -0.15) is 0 Å². The van der Waals surface area contributed by atoms with Crippen LogP contribution in [0.15, 0.2) is 67.0 Å². The van der Waals surface area contributed by atoms with E-state index in [1.54, 1.807) is 17.5 Å². The van der Waals surface area contributed by atoms with Crippen molar-refractivity contribution in [3.63, 3.8) is 0 Å². The van der Waals surface area contributed by atoms with Crippen LogP contribution < -0.4 is 10.2 Å². The van der Waals surface area contributed by atoms with E-state index in [1.165, 1.54) is 0 Å². The minimum atomic E-state index is -0.787. The third-order valence-electron chi connectivity index (χ3n) is 4.90. The lowest BCUT2D eigenvalue weighted by molar-refractivity contribution is -0.136. The molecule has 0 fully saturated rings. The number of carboxylic acids is 1. The van der Waals surface area contributed by atoms with E-state index < -0.39 is 5.97 Å². The molecule has 0 amide bonds. The molecule has 0 radical (unpaired) electrons. The summed E-state index contributed by atoms with van der Waals surface area (Å²) in [6.45, 7) is 2.02. The van der Waals surface area contributed by atoms with Gasteiger partial charge in [0.25, 0.3) is 0 Å². The summed E-state index contributed by atoms with van der Waals surface area (Å²) in [5.41, 5.74) is 3.95. The van der Waals surface area contributed by atoms with Crippen molar-refractivity contribution < 1.29 is 9.90 Å². The highest BCUT2D eigenvalue weighted by atomic mass is 32.1. The number of rotatable bonds is 8. The predicted octanol–water partition coefficient (Wildman–Crippen LogP) is 5.44. The number of anilines is 4. The van der Waals surface area contributed by atoms with E-state index in [0.29, 0.717) is 6.42 Å². The number of aromatic nitrogens is 3. The average molecular weight is 446 g/mol. The Hall–Kier alpha value is -3.78. The minimum absolute atomic E-state index is 0.131. The molecule has 0 aliphatic heterocycles. The fourth-order valence-corrected chi connectivity index (χ4v) is 4.03. The summed E-state index contributed by atoms with van der Waals surface area (Å²) in [5, 5.41) is 12.9. The van der Waals surface area contributed by atoms with Crippen LogP contribution in [0.25, 0.3) is 10.6 Å². The molecule has 0 aliphatic rings. The van der Waals surface area contributed by atoms with Crippen molar-refractivity contribution in [1.82, 2.24) is 15.0 Å². The zero-order chi connectivity index (χ0) is 22.5.